The largest absolute Gasteiger partial charge is 0.462 e. The van der Waals surface area contributed by atoms with Crippen LogP contribution in [0.3, 0.4) is 0 Å². The van der Waals surface area contributed by atoms with Crippen LogP contribution in [0, 0.1) is 0 Å². The number of unbranched alkanes of at least 4 members (excludes halogenated alkanes) is 39. The standard InChI is InChI=1S/C60H112O6/c1-4-7-10-13-15-17-19-21-23-25-26-27-28-29-30-31-32-33-34-35-37-38-40-42-44-47-50-53-59(62)65-56-57(55-64-58(61)52-49-46-12-9-6-3)66-60(63)54-51-48-45-43-41-39-36-24-22-20-18-16-14-11-8-5-2/h18,20,24,36,57H,4-17,19,21-23,25-35,37-56H2,1-3H3/b20-18-,36-24-. The molecule has 0 fully saturated rings. The molecule has 1 atom stereocenters. The van der Waals surface area contributed by atoms with E-state index in [-0.39, 0.29) is 31.1 Å². The average molecular weight is 930 g/mol. The summed E-state index contributed by atoms with van der Waals surface area (Å²) < 4.78 is 16.7. The molecule has 0 aliphatic heterocycles. The third-order valence-electron chi connectivity index (χ3n) is 13.2. The molecule has 0 saturated heterocycles. The van der Waals surface area contributed by atoms with Crippen LogP contribution in [0.2, 0.25) is 0 Å². The zero-order valence-electron chi connectivity index (χ0n) is 44.5. The average Bonchev–Trinajstić information content (AvgIpc) is 3.31. The molecule has 0 aromatic rings. The smallest absolute Gasteiger partial charge is 0.306 e. The van der Waals surface area contributed by atoms with Gasteiger partial charge >= 0.3 is 17.9 Å². The van der Waals surface area contributed by atoms with Gasteiger partial charge in [-0.3, -0.25) is 14.4 Å². The van der Waals surface area contributed by atoms with Crippen LogP contribution in [0.15, 0.2) is 24.3 Å². The van der Waals surface area contributed by atoms with Gasteiger partial charge in [0.15, 0.2) is 6.10 Å². The molecule has 0 aromatic carbocycles. The van der Waals surface area contributed by atoms with Gasteiger partial charge in [-0.1, -0.05) is 276 Å². The second-order valence-corrected chi connectivity index (χ2v) is 19.9. The number of hydrogen-bond acceptors (Lipinski definition) is 6. The summed E-state index contributed by atoms with van der Waals surface area (Å²) in [5, 5.41) is 0. The van der Waals surface area contributed by atoms with Gasteiger partial charge in [-0.05, 0) is 51.4 Å². The highest BCUT2D eigenvalue weighted by Gasteiger charge is 2.19. The zero-order chi connectivity index (χ0) is 47.9. The Labute approximate surface area is 411 Å². The molecule has 0 bridgehead atoms. The molecule has 0 aliphatic rings. The molecule has 6 nitrogen and oxygen atoms in total. The Balaban J connectivity index is 3.98. The first-order valence-corrected chi connectivity index (χ1v) is 29.3. The van der Waals surface area contributed by atoms with Crippen LogP contribution in [0.4, 0.5) is 0 Å². The molecule has 0 radical (unpaired) electrons. The Morgan fingerprint density at radius 2 is 0.545 bits per heavy atom. The van der Waals surface area contributed by atoms with Crippen LogP contribution in [-0.2, 0) is 28.6 Å². The molecule has 0 heterocycles. The summed E-state index contributed by atoms with van der Waals surface area (Å²) in [4.78, 5) is 37.8. The summed E-state index contributed by atoms with van der Waals surface area (Å²) in [7, 11) is 0. The molecule has 0 amide bonds. The quantitative estimate of drug-likeness (QED) is 0.0262. The number of ether oxygens (including phenoxy) is 3. The minimum atomic E-state index is -0.771. The van der Waals surface area contributed by atoms with E-state index in [1.165, 1.54) is 199 Å². The molecule has 0 rings (SSSR count). The topological polar surface area (TPSA) is 78.9 Å². The predicted octanol–water partition coefficient (Wildman–Crippen LogP) is 19.5. The number of carbonyl (C=O) groups excluding carboxylic acids is 3. The maximum absolute atomic E-state index is 12.7. The van der Waals surface area contributed by atoms with Gasteiger partial charge in [0.1, 0.15) is 13.2 Å². The molecular weight excluding hydrogens is 817 g/mol. The molecule has 66 heavy (non-hydrogen) atoms. The van der Waals surface area contributed by atoms with Gasteiger partial charge < -0.3 is 14.2 Å². The molecular formula is C60H112O6. The van der Waals surface area contributed by atoms with Gasteiger partial charge in [0.2, 0.25) is 0 Å². The highest BCUT2D eigenvalue weighted by molar-refractivity contribution is 5.71. The van der Waals surface area contributed by atoms with Crippen molar-refractivity contribution in [1.29, 1.82) is 0 Å². The fourth-order valence-electron chi connectivity index (χ4n) is 8.77. The van der Waals surface area contributed by atoms with Crippen LogP contribution >= 0.6 is 0 Å². The van der Waals surface area contributed by atoms with Crippen LogP contribution < -0.4 is 0 Å². The zero-order valence-corrected chi connectivity index (χ0v) is 44.5. The lowest BCUT2D eigenvalue weighted by molar-refractivity contribution is -0.167. The molecule has 1 unspecified atom stereocenters. The second kappa shape index (κ2) is 55.5. The molecule has 0 spiro atoms. The van der Waals surface area contributed by atoms with E-state index in [1.807, 2.05) is 0 Å². The van der Waals surface area contributed by atoms with Crippen LogP contribution in [0.25, 0.3) is 0 Å². The van der Waals surface area contributed by atoms with Crippen molar-refractivity contribution >= 4 is 17.9 Å². The minimum absolute atomic E-state index is 0.0733. The summed E-state index contributed by atoms with van der Waals surface area (Å²) in [5.74, 6) is -0.885. The first kappa shape index (κ1) is 63.9. The molecule has 388 valence electrons. The van der Waals surface area contributed by atoms with Crippen molar-refractivity contribution in [2.75, 3.05) is 13.2 Å². The van der Waals surface area contributed by atoms with Crippen molar-refractivity contribution in [2.45, 2.75) is 329 Å². The van der Waals surface area contributed by atoms with E-state index in [9.17, 15) is 14.4 Å². The van der Waals surface area contributed by atoms with Crippen molar-refractivity contribution < 1.29 is 28.6 Å². The summed E-state index contributed by atoms with van der Waals surface area (Å²) in [6, 6.07) is 0. The lowest BCUT2D eigenvalue weighted by atomic mass is 10.0. The van der Waals surface area contributed by atoms with Gasteiger partial charge in [0.25, 0.3) is 0 Å². The Hall–Kier alpha value is -2.11. The van der Waals surface area contributed by atoms with Gasteiger partial charge in [-0.25, -0.2) is 0 Å². The van der Waals surface area contributed by atoms with E-state index >= 15 is 0 Å². The fraction of sp³-hybridized carbons (Fsp3) is 0.883. The van der Waals surface area contributed by atoms with Crippen LogP contribution in [-0.4, -0.2) is 37.2 Å². The number of allylic oxidation sites excluding steroid dienone is 4. The van der Waals surface area contributed by atoms with Crippen molar-refractivity contribution in [3.63, 3.8) is 0 Å². The first-order chi connectivity index (χ1) is 32.5. The lowest BCUT2D eigenvalue weighted by Crippen LogP contribution is -2.30. The number of carbonyl (C=O) groups is 3. The van der Waals surface area contributed by atoms with E-state index in [4.69, 9.17) is 14.2 Å². The van der Waals surface area contributed by atoms with Crippen LogP contribution in [0.1, 0.15) is 323 Å². The number of esters is 3. The summed E-state index contributed by atoms with van der Waals surface area (Å²) in [6.45, 7) is 6.57. The van der Waals surface area contributed by atoms with Crippen molar-refractivity contribution in [1.82, 2.24) is 0 Å². The normalized spacial score (nSPS) is 12.1. The van der Waals surface area contributed by atoms with Gasteiger partial charge in [0, 0.05) is 19.3 Å². The Kier molecular flexibility index (Phi) is 53.7. The summed E-state index contributed by atoms with van der Waals surface area (Å²) in [5.41, 5.74) is 0. The predicted molar refractivity (Wildman–Crippen MR) is 284 cm³/mol. The Morgan fingerprint density at radius 3 is 0.848 bits per heavy atom. The Bertz CT molecular complexity index is 1070. The third-order valence-corrected chi connectivity index (χ3v) is 13.2. The third kappa shape index (κ3) is 52.9. The Morgan fingerprint density at radius 1 is 0.303 bits per heavy atom. The minimum Gasteiger partial charge on any atom is -0.462 e. The first-order valence-electron chi connectivity index (χ1n) is 29.3. The maximum atomic E-state index is 12.7. The summed E-state index contributed by atoms with van der Waals surface area (Å²) >= 11 is 0. The molecule has 0 aromatic heterocycles. The van der Waals surface area contributed by atoms with Crippen molar-refractivity contribution in [3.05, 3.63) is 24.3 Å². The van der Waals surface area contributed by atoms with E-state index in [2.05, 4.69) is 45.1 Å². The number of hydrogen-bond donors (Lipinski definition) is 0. The van der Waals surface area contributed by atoms with Crippen LogP contribution in [0.5, 0.6) is 0 Å². The van der Waals surface area contributed by atoms with E-state index in [0.717, 1.165) is 83.5 Å². The number of rotatable bonds is 54. The highest BCUT2D eigenvalue weighted by Crippen LogP contribution is 2.17. The molecule has 0 N–H and O–H groups in total. The fourth-order valence-corrected chi connectivity index (χ4v) is 8.77. The van der Waals surface area contributed by atoms with Gasteiger partial charge in [-0.2, -0.15) is 0 Å². The second-order valence-electron chi connectivity index (χ2n) is 19.9. The lowest BCUT2D eigenvalue weighted by Gasteiger charge is -2.18. The SMILES string of the molecule is CCCCCC/C=C\C/C=C\CCCCCCCC(=O)OC(COC(=O)CCCCCCC)COC(=O)CCCCCCCCCCCCCCCCCCCCCCCCCCCCC. The monoisotopic (exact) mass is 929 g/mol. The molecule has 0 saturated carbocycles. The van der Waals surface area contributed by atoms with Crippen molar-refractivity contribution in [2.24, 2.45) is 0 Å². The highest BCUT2D eigenvalue weighted by atomic mass is 16.6. The summed E-state index contributed by atoms with van der Waals surface area (Å²) in [6.07, 6.45) is 65.2. The van der Waals surface area contributed by atoms with E-state index in [0.29, 0.717) is 19.3 Å². The molecule has 0 aliphatic carbocycles. The van der Waals surface area contributed by atoms with Crippen molar-refractivity contribution in [3.8, 4) is 0 Å². The molecule has 6 heteroatoms. The van der Waals surface area contributed by atoms with E-state index < -0.39 is 6.10 Å². The maximum Gasteiger partial charge on any atom is 0.306 e. The van der Waals surface area contributed by atoms with E-state index in [1.54, 1.807) is 0 Å². The van der Waals surface area contributed by atoms with Gasteiger partial charge in [0.05, 0.1) is 0 Å². The van der Waals surface area contributed by atoms with Gasteiger partial charge in [-0.15, -0.1) is 0 Å².